The molecule has 0 aromatic heterocycles. The molecule has 0 unspecified atom stereocenters. The molecule has 6 rings (SSSR count). The van der Waals surface area contributed by atoms with Gasteiger partial charge in [-0.1, -0.05) is 215 Å². The molecule has 0 spiro atoms. The van der Waals surface area contributed by atoms with Gasteiger partial charge in [0, 0.05) is 0 Å². The van der Waals surface area contributed by atoms with Crippen LogP contribution in [0.2, 0.25) is 0 Å². The van der Waals surface area contributed by atoms with Crippen molar-refractivity contribution >= 4 is 25.8 Å². The van der Waals surface area contributed by atoms with Gasteiger partial charge in [0.05, 0.1) is 10.6 Å². The normalized spacial score (nSPS) is 13.6. The Balaban J connectivity index is 1.48. The van der Waals surface area contributed by atoms with Crippen LogP contribution in [0.1, 0.15) is 211 Å². The second-order valence-corrected chi connectivity index (χ2v) is 33.2. The fraction of sp³-hybridized carbons (Fsp3) is 0.471. The molecule has 0 radical (unpaired) electrons. The molecular weight excluding hydrogens is 975 g/mol. The maximum atomic E-state index is 15.9. The lowest BCUT2D eigenvalue weighted by molar-refractivity contribution is 0.395. The first-order valence-corrected chi connectivity index (χ1v) is 30.3. The molecule has 0 N–H and O–H groups in total. The number of rotatable bonds is 11. The summed E-state index contributed by atoms with van der Waals surface area (Å²) in [6.45, 7) is 52.2. The van der Waals surface area contributed by atoms with Crippen LogP contribution < -0.4 is 28.7 Å². The molecule has 0 aliphatic heterocycles. The molecule has 6 nitrogen and oxygen atoms in total. The number of hydrogen-bond donors (Lipinski definition) is 0. The Labute approximate surface area is 460 Å². The molecule has 0 saturated carbocycles. The van der Waals surface area contributed by atoms with Crippen LogP contribution in [-0.2, 0) is 52.5 Å². The molecule has 76 heavy (non-hydrogen) atoms. The molecule has 0 amide bonds. The van der Waals surface area contributed by atoms with Crippen molar-refractivity contribution in [1.29, 1.82) is 0 Å². The van der Waals surface area contributed by atoms with E-state index in [9.17, 15) is 0 Å². The monoisotopic (exact) mass is 1070 g/mol. The lowest BCUT2D eigenvalue weighted by atomic mass is 9.80. The van der Waals surface area contributed by atoms with E-state index >= 15 is 9.13 Å². The predicted molar refractivity (Wildman–Crippen MR) is 324 cm³/mol. The standard InChI is InChI=1S/C68H92O6P2/c1-61(2,3)47-33-48(62(4,5)6)38-55(37-47)71-75(69,72-56-39-49(63(7,8)9)34-50(40-56)64(10,11)12)59-29-25-45(26-30-59)46-27-31-60(32-28-46)76(70,73-57-41-51(65(13,14)15)35-52(42-57)66(16,17)18)74-58-43-53(67(19,20)21)36-54(44-58)68(22,23)24/h25-44H,1-24H3. The van der Waals surface area contributed by atoms with Crippen LogP contribution in [0.3, 0.4) is 0 Å². The molecule has 0 fully saturated rings. The number of benzene rings is 6. The molecule has 410 valence electrons. The Morgan fingerprint density at radius 2 is 0.382 bits per heavy atom. The van der Waals surface area contributed by atoms with Crippen LogP contribution in [0.25, 0.3) is 11.1 Å². The highest BCUT2D eigenvalue weighted by atomic mass is 31.2. The van der Waals surface area contributed by atoms with Crippen molar-refractivity contribution in [2.75, 3.05) is 0 Å². The highest BCUT2D eigenvalue weighted by Crippen LogP contribution is 2.52. The lowest BCUT2D eigenvalue weighted by Crippen LogP contribution is -2.20. The minimum Gasteiger partial charge on any atom is -0.413 e. The quantitative estimate of drug-likeness (QED) is 0.120. The fourth-order valence-electron chi connectivity index (χ4n) is 8.55. The maximum absolute atomic E-state index is 15.9. The summed E-state index contributed by atoms with van der Waals surface area (Å²) in [5, 5.41) is 0.825. The summed E-state index contributed by atoms with van der Waals surface area (Å²) in [5.74, 6) is 1.93. The maximum Gasteiger partial charge on any atom is 0.462 e. The topological polar surface area (TPSA) is 71.1 Å². The first-order chi connectivity index (χ1) is 34.3. The van der Waals surface area contributed by atoms with E-state index in [-0.39, 0.29) is 43.3 Å². The zero-order valence-corrected chi connectivity index (χ0v) is 52.7. The van der Waals surface area contributed by atoms with E-state index in [0.29, 0.717) is 33.6 Å². The van der Waals surface area contributed by atoms with Gasteiger partial charge < -0.3 is 18.1 Å². The van der Waals surface area contributed by atoms with Gasteiger partial charge in [0.25, 0.3) is 0 Å². The van der Waals surface area contributed by atoms with Crippen molar-refractivity contribution in [3.63, 3.8) is 0 Å². The van der Waals surface area contributed by atoms with E-state index in [2.05, 4.69) is 190 Å². The van der Waals surface area contributed by atoms with E-state index in [0.717, 1.165) is 55.6 Å². The summed E-state index contributed by atoms with van der Waals surface area (Å²) < 4.78 is 59.0. The zero-order chi connectivity index (χ0) is 57.2. The van der Waals surface area contributed by atoms with Crippen LogP contribution in [-0.4, -0.2) is 0 Å². The summed E-state index contributed by atoms with van der Waals surface area (Å²) in [5.41, 5.74) is 8.73. The van der Waals surface area contributed by atoms with Crippen molar-refractivity contribution in [1.82, 2.24) is 0 Å². The Bertz CT molecular complexity index is 2630. The van der Waals surface area contributed by atoms with E-state index < -0.39 is 15.2 Å². The van der Waals surface area contributed by atoms with E-state index in [1.165, 1.54) is 0 Å². The molecule has 0 atom stereocenters. The Morgan fingerprint density at radius 1 is 0.237 bits per heavy atom. The Kier molecular flexibility index (Phi) is 16.4. The van der Waals surface area contributed by atoms with Crippen molar-refractivity contribution in [3.8, 4) is 34.1 Å². The molecule has 0 bridgehead atoms. The van der Waals surface area contributed by atoms with Gasteiger partial charge >= 0.3 is 15.2 Å². The SMILES string of the molecule is CC(C)(C)c1cc(OP(=O)(Oc2cc(C(C)(C)C)cc(C(C)(C)C)c2)c2ccc(-c3ccc(P(=O)(Oc4cc(C(C)(C)C)cc(C(C)(C)C)c4)Oc4cc(C(C)(C)C)cc(C(C)(C)C)c4)cc3)cc2)cc(C(C)(C)C)c1. The van der Waals surface area contributed by atoms with Crippen molar-refractivity contribution in [2.45, 2.75) is 209 Å². The minimum atomic E-state index is -4.14. The van der Waals surface area contributed by atoms with E-state index in [1.54, 1.807) is 0 Å². The highest BCUT2D eigenvalue weighted by Gasteiger charge is 2.37. The average molecular weight is 1070 g/mol. The molecule has 6 aromatic rings. The van der Waals surface area contributed by atoms with Crippen LogP contribution in [0.15, 0.2) is 121 Å². The van der Waals surface area contributed by atoms with Gasteiger partial charge in [0.2, 0.25) is 0 Å². The Hall–Kier alpha value is -5.02. The predicted octanol–water partition coefficient (Wildman–Crippen LogP) is 19.7. The first-order valence-electron chi connectivity index (χ1n) is 27.2. The smallest absolute Gasteiger partial charge is 0.413 e. The molecular formula is C68H92O6P2. The van der Waals surface area contributed by atoms with Crippen LogP contribution in [0.5, 0.6) is 23.0 Å². The third-order valence-electron chi connectivity index (χ3n) is 14.2. The highest BCUT2D eigenvalue weighted by molar-refractivity contribution is 7.63. The van der Waals surface area contributed by atoms with Crippen LogP contribution >= 0.6 is 15.2 Å². The largest absolute Gasteiger partial charge is 0.462 e. The van der Waals surface area contributed by atoms with Crippen molar-refractivity contribution < 1.29 is 27.2 Å². The van der Waals surface area contributed by atoms with E-state index in [1.807, 2.05) is 97.1 Å². The average Bonchev–Trinajstić information content (AvgIpc) is 3.26. The summed E-state index contributed by atoms with van der Waals surface area (Å²) in [6.07, 6.45) is 0. The van der Waals surface area contributed by atoms with Gasteiger partial charge in [-0.25, -0.2) is 9.13 Å². The molecule has 0 saturated heterocycles. The van der Waals surface area contributed by atoms with Crippen molar-refractivity contribution in [3.05, 3.63) is 166 Å². The van der Waals surface area contributed by atoms with Gasteiger partial charge in [-0.2, -0.15) is 0 Å². The van der Waals surface area contributed by atoms with Gasteiger partial charge in [-0.3, -0.25) is 0 Å². The minimum absolute atomic E-state index is 0.198. The second kappa shape index (κ2) is 20.7. The fourth-order valence-corrected chi connectivity index (χ4v) is 11.6. The van der Waals surface area contributed by atoms with Gasteiger partial charge in [-0.15, -0.1) is 0 Å². The molecule has 0 heterocycles. The third kappa shape index (κ3) is 14.8. The van der Waals surface area contributed by atoms with Crippen molar-refractivity contribution in [2.24, 2.45) is 0 Å². The lowest BCUT2D eigenvalue weighted by Gasteiger charge is -2.29. The van der Waals surface area contributed by atoms with Crippen LogP contribution in [0, 0.1) is 0 Å². The third-order valence-corrected chi connectivity index (χ3v) is 17.8. The van der Waals surface area contributed by atoms with E-state index in [4.69, 9.17) is 18.1 Å². The summed E-state index contributed by atoms with van der Waals surface area (Å²) in [7, 11) is -8.28. The first kappa shape index (κ1) is 60.2. The molecule has 0 aliphatic rings. The number of hydrogen-bond acceptors (Lipinski definition) is 6. The summed E-state index contributed by atoms with van der Waals surface area (Å²) in [6, 6.07) is 39.9. The summed E-state index contributed by atoms with van der Waals surface area (Å²) in [4.78, 5) is 0. The van der Waals surface area contributed by atoms with Gasteiger partial charge in [0.1, 0.15) is 23.0 Å². The molecule has 6 aromatic carbocycles. The molecule has 0 aliphatic carbocycles. The summed E-state index contributed by atoms with van der Waals surface area (Å²) >= 11 is 0. The second-order valence-electron chi connectivity index (χ2n) is 29.4. The van der Waals surface area contributed by atoms with Gasteiger partial charge in [-0.05, 0) is 172 Å². The zero-order valence-electron chi connectivity index (χ0n) is 50.9. The van der Waals surface area contributed by atoms with Crippen LogP contribution in [0.4, 0.5) is 0 Å². The molecule has 8 heteroatoms. The Morgan fingerprint density at radius 3 is 0.513 bits per heavy atom. The van der Waals surface area contributed by atoms with Gasteiger partial charge in [0.15, 0.2) is 0 Å².